The molecule has 0 radical (unpaired) electrons. The highest BCUT2D eigenvalue weighted by atomic mass is 16.5. The quantitative estimate of drug-likeness (QED) is 0.816. The van der Waals surface area contributed by atoms with E-state index in [0.29, 0.717) is 0 Å². The van der Waals surface area contributed by atoms with Gasteiger partial charge in [-0.25, -0.2) is 4.79 Å². The predicted molar refractivity (Wildman–Crippen MR) is 112 cm³/mol. The monoisotopic (exact) mass is 379 g/mol. The Morgan fingerprint density at radius 1 is 0.821 bits per heavy atom. The number of hydrogen-bond acceptors (Lipinski definition) is 3. The zero-order valence-corrected chi connectivity index (χ0v) is 16.3. The maximum atomic E-state index is 12.6. The number of para-hydroxylation sites is 1. The van der Waals surface area contributed by atoms with Gasteiger partial charge in [-0.1, -0.05) is 37.5 Å². The maximum absolute atomic E-state index is 12.6. The SMILES string of the molecule is O=C(Nc1ccc(Oc2ccccc2)cc1)N1CCN(C2CCCCC2)CC1. The van der Waals surface area contributed by atoms with Crippen molar-refractivity contribution in [2.45, 2.75) is 38.1 Å². The summed E-state index contributed by atoms with van der Waals surface area (Å²) in [4.78, 5) is 17.1. The summed E-state index contributed by atoms with van der Waals surface area (Å²) in [5, 5.41) is 3.01. The highest BCUT2D eigenvalue weighted by Crippen LogP contribution is 2.24. The van der Waals surface area contributed by atoms with Crippen molar-refractivity contribution in [1.82, 2.24) is 9.80 Å². The number of carbonyl (C=O) groups is 1. The molecular formula is C23H29N3O2. The van der Waals surface area contributed by atoms with Crippen molar-refractivity contribution in [1.29, 1.82) is 0 Å². The van der Waals surface area contributed by atoms with Crippen LogP contribution in [0.4, 0.5) is 10.5 Å². The third-order valence-electron chi connectivity index (χ3n) is 5.78. The number of benzene rings is 2. The van der Waals surface area contributed by atoms with Crippen molar-refractivity contribution < 1.29 is 9.53 Å². The predicted octanol–water partition coefficient (Wildman–Crippen LogP) is 4.96. The number of amides is 2. The van der Waals surface area contributed by atoms with Gasteiger partial charge in [-0.2, -0.15) is 0 Å². The summed E-state index contributed by atoms with van der Waals surface area (Å²) in [5.41, 5.74) is 0.792. The summed E-state index contributed by atoms with van der Waals surface area (Å²) >= 11 is 0. The number of carbonyl (C=O) groups excluding carboxylic acids is 1. The topological polar surface area (TPSA) is 44.8 Å². The van der Waals surface area contributed by atoms with Crippen LogP contribution in [-0.4, -0.2) is 48.1 Å². The first-order valence-corrected chi connectivity index (χ1v) is 10.4. The molecule has 148 valence electrons. The Kier molecular flexibility index (Phi) is 6.12. The van der Waals surface area contributed by atoms with E-state index in [1.165, 1.54) is 32.1 Å². The van der Waals surface area contributed by atoms with Crippen LogP contribution in [0.3, 0.4) is 0 Å². The molecule has 2 amide bonds. The molecule has 2 fully saturated rings. The van der Waals surface area contributed by atoms with Gasteiger partial charge in [-0.15, -0.1) is 0 Å². The first kappa shape index (κ1) is 18.8. The van der Waals surface area contributed by atoms with Crippen LogP contribution >= 0.6 is 0 Å². The van der Waals surface area contributed by atoms with E-state index in [-0.39, 0.29) is 6.03 Å². The van der Waals surface area contributed by atoms with E-state index in [1.807, 2.05) is 59.5 Å². The first-order chi connectivity index (χ1) is 13.8. The normalized spacial score (nSPS) is 18.6. The Bertz CT molecular complexity index is 749. The summed E-state index contributed by atoms with van der Waals surface area (Å²) in [6.45, 7) is 3.58. The van der Waals surface area contributed by atoms with Crippen LogP contribution in [0.5, 0.6) is 11.5 Å². The van der Waals surface area contributed by atoms with Crippen LogP contribution in [0.1, 0.15) is 32.1 Å². The fourth-order valence-electron chi connectivity index (χ4n) is 4.17. The van der Waals surface area contributed by atoms with Gasteiger partial charge in [0.2, 0.25) is 0 Å². The summed E-state index contributed by atoms with van der Waals surface area (Å²) < 4.78 is 5.80. The smallest absolute Gasteiger partial charge is 0.321 e. The minimum absolute atomic E-state index is 0.0139. The van der Waals surface area contributed by atoms with Crippen molar-refractivity contribution in [3.8, 4) is 11.5 Å². The third-order valence-corrected chi connectivity index (χ3v) is 5.78. The molecule has 2 aliphatic rings. The fraction of sp³-hybridized carbons (Fsp3) is 0.435. The van der Waals surface area contributed by atoms with Crippen molar-refractivity contribution in [3.63, 3.8) is 0 Å². The molecule has 1 aliphatic heterocycles. The highest BCUT2D eigenvalue weighted by molar-refractivity contribution is 5.89. The average Bonchev–Trinajstić information content (AvgIpc) is 2.76. The number of ether oxygens (including phenoxy) is 1. The molecule has 1 aliphatic carbocycles. The molecule has 1 saturated heterocycles. The summed E-state index contributed by atoms with van der Waals surface area (Å²) in [7, 11) is 0. The van der Waals surface area contributed by atoms with Crippen LogP contribution in [-0.2, 0) is 0 Å². The molecule has 4 rings (SSSR count). The molecular weight excluding hydrogens is 350 g/mol. The molecule has 0 atom stereocenters. The minimum atomic E-state index is -0.0139. The van der Waals surface area contributed by atoms with E-state index in [2.05, 4.69) is 10.2 Å². The summed E-state index contributed by atoms with van der Waals surface area (Å²) in [5.74, 6) is 1.56. The third kappa shape index (κ3) is 4.84. The van der Waals surface area contributed by atoms with Crippen LogP contribution in [0, 0.1) is 0 Å². The lowest BCUT2D eigenvalue weighted by Gasteiger charge is -2.40. The van der Waals surface area contributed by atoms with Crippen molar-refractivity contribution in [3.05, 3.63) is 54.6 Å². The van der Waals surface area contributed by atoms with Gasteiger partial charge in [-0.05, 0) is 49.2 Å². The van der Waals surface area contributed by atoms with E-state index in [1.54, 1.807) is 0 Å². The van der Waals surface area contributed by atoms with Crippen molar-refractivity contribution in [2.24, 2.45) is 0 Å². The number of piperazine rings is 1. The van der Waals surface area contributed by atoms with Crippen LogP contribution < -0.4 is 10.1 Å². The standard InChI is InChI=1S/C23H29N3O2/c27-23(26-17-15-25(16-18-26)20-7-3-1-4-8-20)24-19-11-13-22(14-12-19)28-21-9-5-2-6-10-21/h2,5-6,9-14,20H,1,3-4,7-8,15-18H2,(H,24,27). The summed E-state index contributed by atoms with van der Waals surface area (Å²) in [6, 6.07) is 17.9. The number of nitrogens with zero attached hydrogens (tertiary/aromatic N) is 2. The maximum Gasteiger partial charge on any atom is 0.321 e. The Labute approximate surface area is 167 Å². The molecule has 2 aromatic carbocycles. The van der Waals surface area contributed by atoms with E-state index >= 15 is 0 Å². The van der Waals surface area contributed by atoms with Gasteiger partial charge in [0.1, 0.15) is 11.5 Å². The molecule has 5 heteroatoms. The number of nitrogens with one attached hydrogen (secondary N) is 1. The zero-order valence-electron chi connectivity index (χ0n) is 16.3. The lowest BCUT2D eigenvalue weighted by Crippen LogP contribution is -2.53. The Balaban J connectivity index is 1.26. The number of rotatable bonds is 4. The number of hydrogen-bond donors (Lipinski definition) is 1. The molecule has 28 heavy (non-hydrogen) atoms. The molecule has 0 aromatic heterocycles. The van der Waals surface area contributed by atoms with Gasteiger partial charge in [-0.3, -0.25) is 4.90 Å². The minimum Gasteiger partial charge on any atom is -0.457 e. The largest absolute Gasteiger partial charge is 0.457 e. The van der Waals surface area contributed by atoms with E-state index in [4.69, 9.17) is 4.74 Å². The molecule has 2 aromatic rings. The van der Waals surface area contributed by atoms with Crippen LogP contribution in [0.15, 0.2) is 54.6 Å². The summed E-state index contributed by atoms with van der Waals surface area (Å²) in [6.07, 6.45) is 6.74. The molecule has 0 bridgehead atoms. The van der Waals surface area contributed by atoms with E-state index < -0.39 is 0 Å². The lowest BCUT2D eigenvalue weighted by atomic mass is 9.94. The Morgan fingerprint density at radius 3 is 2.14 bits per heavy atom. The number of urea groups is 1. The van der Waals surface area contributed by atoms with Gasteiger partial charge in [0.15, 0.2) is 0 Å². The van der Waals surface area contributed by atoms with Gasteiger partial charge in [0.05, 0.1) is 0 Å². The van der Waals surface area contributed by atoms with Gasteiger partial charge in [0.25, 0.3) is 0 Å². The lowest BCUT2D eigenvalue weighted by molar-refractivity contribution is 0.0943. The molecule has 1 heterocycles. The van der Waals surface area contributed by atoms with E-state index in [0.717, 1.165) is 49.4 Å². The van der Waals surface area contributed by atoms with Crippen LogP contribution in [0.2, 0.25) is 0 Å². The van der Waals surface area contributed by atoms with Crippen molar-refractivity contribution in [2.75, 3.05) is 31.5 Å². The second-order valence-electron chi connectivity index (χ2n) is 7.68. The molecule has 5 nitrogen and oxygen atoms in total. The average molecular weight is 380 g/mol. The molecule has 1 N–H and O–H groups in total. The van der Waals surface area contributed by atoms with E-state index in [9.17, 15) is 4.79 Å². The van der Waals surface area contributed by atoms with Gasteiger partial charge < -0.3 is 15.0 Å². The second kappa shape index (κ2) is 9.11. The molecule has 1 saturated carbocycles. The second-order valence-corrected chi connectivity index (χ2v) is 7.68. The van der Waals surface area contributed by atoms with Gasteiger partial charge >= 0.3 is 6.03 Å². The highest BCUT2D eigenvalue weighted by Gasteiger charge is 2.26. The van der Waals surface area contributed by atoms with Crippen molar-refractivity contribution >= 4 is 11.7 Å². The van der Waals surface area contributed by atoms with Crippen LogP contribution in [0.25, 0.3) is 0 Å². The number of anilines is 1. The Morgan fingerprint density at radius 2 is 1.46 bits per heavy atom. The molecule has 0 unspecified atom stereocenters. The van der Waals surface area contributed by atoms with Gasteiger partial charge in [0, 0.05) is 37.9 Å². The Hall–Kier alpha value is -2.53. The molecule has 0 spiro atoms. The fourth-order valence-corrected chi connectivity index (χ4v) is 4.17. The zero-order chi connectivity index (χ0) is 19.2. The first-order valence-electron chi connectivity index (χ1n) is 10.4.